The number of nitrogens with one attached hydrogen (secondary N) is 1. The van der Waals surface area contributed by atoms with Crippen molar-refractivity contribution in [2.75, 3.05) is 32.1 Å². The van der Waals surface area contributed by atoms with E-state index in [1.165, 1.54) is 35.2 Å². The van der Waals surface area contributed by atoms with Gasteiger partial charge in [-0.05, 0) is 62.9 Å². The van der Waals surface area contributed by atoms with E-state index in [4.69, 9.17) is 4.74 Å². The molecular weight excluding hydrogens is 236 g/mol. The fourth-order valence-corrected chi connectivity index (χ4v) is 3.17. The van der Waals surface area contributed by atoms with Gasteiger partial charge >= 0.3 is 0 Å². The Bertz CT molecular complexity index is 451. The zero-order chi connectivity index (χ0) is 14.0. The Hall–Kier alpha value is -1.22. The molecule has 1 unspecified atom stereocenters. The van der Waals surface area contributed by atoms with Crippen LogP contribution in [-0.2, 0) is 0 Å². The van der Waals surface area contributed by atoms with Crippen LogP contribution in [-0.4, -0.2) is 33.3 Å². The SMILES string of the molecule is COc1cc(C)c(N(C)CC2CCCN2)c(C)c1C. The van der Waals surface area contributed by atoms with Crippen LogP contribution < -0.4 is 15.0 Å². The van der Waals surface area contributed by atoms with Crippen LogP contribution in [0.25, 0.3) is 0 Å². The molecule has 3 heteroatoms. The van der Waals surface area contributed by atoms with Gasteiger partial charge < -0.3 is 15.0 Å². The highest BCUT2D eigenvalue weighted by Crippen LogP contribution is 2.33. The Labute approximate surface area is 116 Å². The zero-order valence-corrected chi connectivity index (χ0v) is 12.8. The van der Waals surface area contributed by atoms with E-state index in [1.54, 1.807) is 7.11 Å². The maximum absolute atomic E-state index is 5.44. The van der Waals surface area contributed by atoms with E-state index in [-0.39, 0.29) is 0 Å². The summed E-state index contributed by atoms with van der Waals surface area (Å²) in [5, 5.41) is 3.57. The number of aryl methyl sites for hydroxylation is 1. The quantitative estimate of drug-likeness (QED) is 0.903. The first kappa shape index (κ1) is 14.2. The second-order valence-electron chi connectivity index (χ2n) is 5.67. The molecule has 0 saturated carbocycles. The third-order valence-corrected chi connectivity index (χ3v) is 4.27. The Morgan fingerprint density at radius 1 is 1.32 bits per heavy atom. The molecule has 0 aliphatic carbocycles. The number of methoxy groups -OCH3 is 1. The van der Waals surface area contributed by atoms with Gasteiger partial charge in [0.1, 0.15) is 5.75 Å². The van der Waals surface area contributed by atoms with Gasteiger partial charge in [0.15, 0.2) is 0 Å². The summed E-state index contributed by atoms with van der Waals surface area (Å²) >= 11 is 0. The topological polar surface area (TPSA) is 24.5 Å². The molecule has 0 amide bonds. The van der Waals surface area contributed by atoms with Crippen molar-refractivity contribution in [2.24, 2.45) is 0 Å². The second kappa shape index (κ2) is 5.83. The predicted octanol–water partition coefficient (Wildman–Crippen LogP) is 2.81. The number of hydrogen-bond acceptors (Lipinski definition) is 3. The molecule has 1 aliphatic heterocycles. The summed E-state index contributed by atoms with van der Waals surface area (Å²) < 4.78 is 5.44. The van der Waals surface area contributed by atoms with Gasteiger partial charge in [0.25, 0.3) is 0 Å². The molecule has 1 heterocycles. The van der Waals surface area contributed by atoms with Gasteiger partial charge in [0.2, 0.25) is 0 Å². The van der Waals surface area contributed by atoms with Crippen LogP contribution >= 0.6 is 0 Å². The lowest BCUT2D eigenvalue weighted by Crippen LogP contribution is -2.36. The van der Waals surface area contributed by atoms with E-state index in [9.17, 15) is 0 Å². The highest BCUT2D eigenvalue weighted by Gasteiger charge is 2.19. The highest BCUT2D eigenvalue weighted by molar-refractivity contribution is 5.64. The molecule has 1 aromatic rings. The van der Waals surface area contributed by atoms with E-state index in [1.807, 2.05) is 0 Å². The minimum atomic E-state index is 0.631. The molecule has 1 atom stereocenters. The molecule has 0 radical (unpaired) electrons. The van der Waals surface area contributed by atoms with Crippen LogP contribution in [0.5, 0.6) is 5.75 Å². The molecule has 0 spiro atoms. The summed E-state index contributed by atoms with van der Waals surface area (Å²) in [7, 11) is 3.94. The van der Waals surface area contributed by atoms with Crippen LogP contribution in [0.3, 0.4) is 0 Å². The number of nitrogens with zero attached hydrogens (tertiary/aromatic N) is 1. The first-order valence-electron chi connectivity index (χ1n) is 7.14. The minimum Gasteiger partial charge on any atom is -0.496 e. The molecule has 1 aromatic carbocycles. The van der Waals surface area contributed by atoms with Crippen molar-refractivity contribution in [3.8, 4) is 5.75 Å². The Balaban J connectivity index is 2.25. The van der Waals surface area contributed by atoms with Gasteiger partial charge in [0.05, 0.1) is 7.11 Å². The molecule has 0 bridgehead atoms. The van der Waals surface area contributed by atoms with Gasteiger partial charge in [-0.3, -0.25) is 0 Å². The molecule has 1 fully saturated rings. The summed E-state index contributed by atoms with van der Waals surface area (Å²) in [5.74, 6) is 0.992. The molecule has 2 rings (SSSR count). The first-order chi connectivity index (χ1) is 9.04. The van der Waals surface area contributed by atoms with Gasteiger partial charge in [-0.15, -0.1) is 0 Å². The monoisotopic (exact) mass is 262 g/mol. The zero-order valence-electron chi connectivity index (χ0n) is 12.8. The van der Waals surface area contributed by atoms with Gasteiger partial charge in [0, 0.05) is 25.3 Å². The van der Waals surface area contributed by atoms with Crippen molar-refractivity contribution in [1.82, 2.24) is 5.32 Å². The van der Waals surface area contributed by atoms with E-state index in [0.29, 0.717) is 6.04 Å². The van der Waals surface area contributed by atoms with Gasteiger partial charge in [-0.1, -0.05) is 0 Å². The Morgan fingerprint density at radius 2 is 2.05 bits per heavy atom. The van der Waals surface area contributed by atoms with E-state index < -0.39 is 0 Å². The lowest BCUT2D eigenvalue weighted by molar-refractivity contribution is 0.411. The number of anilines is 1. The van der Waals surface area contributed by atoms with E-state index in [0.717, 1.165) is 18.8 Å². The fourth-order valence-electron chi connectivity index (χ4n) is 3.17. The third kappa shape index (κ3) is 2.86. The number of hydrogen-bond donors (Lipinski definition) is 1. The summed E-state index contributed by atoms with van der Waals surface area (Å²) in [6.45, 7) is 8.74. The van der Waals surface area contributed by atoms with E-state index in [2.05, 4.69) is 44.1 Å². The van der Waals surface area contributed by atoms with Crippen molar-refractivity contribution >= 4 is 5.69 Å². The van der Waals surface area contributed by atoms with Crippen molar-refractivity contribution in [3.63, 3.8) is 0 Å². The Kier molecular flexibility index (Phi) is 4.35. The number of ether oxygens (including phenoxy) is 1. The van der Waals surface area contributed by atoms with Gasteiger partial charge in [-0.25, -0.2) is 0 Å². The van der Waals surface area contributed by atoms with Crippen molar-refractivity contribution in [1.29, 1.82) is 0 Å². The van der Waals surface area contributed by atoms with Crippen molar-refractivity contribution in [3.05, 3.63) is 22.8 Å². The highest BCUT2D eigenvalue weighted by atomic mass is 16.5. The summed E-state index contributed by atoms with van der Waals surface area (Å²) in [4.78, 5) is 2.39. The molecule has 1 saturated heterocycles. The lowest BCUT2D eigenvalue weighted by Gasteiger charge is -2.28. The summed E-state index contributed by atoms with van der Waals surface area (Å²) in [6, 6.07) is 2.78. The third-order valence-electron chi connectivity index (χ3n) is 4.27. The smallest absolute Gasteiger partial charge is 0.122 e. The van der Waals surface area contributed by atoms with Crippen LogP contribution in [0.4, 0.5) is 5.69 Å². The molecule has 1 N–H and O–H groups in total. The maximum atomic E-state index is 5.44. The first-order valence-corrected chi connectivity index (χ1v) is 7.14. The molecule has 19 heavy (non-hydrogen) atoms. The minimum absolute atomic E-state index is 0.631. The van der Waals surface area contributed by atoms with Crippen LogP contribution in [0, 0.1) is 20.8 Å². The molecule has 0 aromatic heterocycles. The predicted molar refractivity (Wildman–Crippen MR) is 81.5 cm³/mol. The van der Waals surface area contributed by atoms with Crippen LogP contribution in [0.15, 0.2) is 6.07 Å². The van der Waals surface area contributed by atoms with Crippen LogP contribution in [0.2, 0.25) is 0 Å². The average molecular weight is 262 g/mol. The standard InChI is InChI=1S/C16H26N2O/c1-11-9-15(19-5)12(2)13(3)16(11)18(4)10-14-7-6-8-17-14/h9,14,17H,6-8,10H2,1-5H3. The molecular formula is C16H26N2O. The number of rotatable bonds is 4. The maximum Gasteiger partial charge on any atom is 0.122 e. The van der Waals surface area contributed by atoms with Gasteiger partial charge in [-0.2, -0.15) is 0 Å². The average Bonchev–Trinajstić information content (AvgIpc) is 2.86. The number of likely N-dealkylation sites (N-methyl/N-ethyl adjacent to an activating group) is 1. The second-order valence-corrected chi connectivity index (χ2v) is 5.67. The Morgan fingerprint density at radius 3 is 2.63 bits per heavy atom. The van der Waals surface area contributed by atoms with Crippen molar-refractivity contribution < 1.29 is 4.74 Å². The number of benzene rings is 1. The summed E-state index contributed by atoms with van der Waals surface area (Å²) in [6.07, 6.45) is 2.59. The lowest BCUT2D eigenvalue weighted by atomic mass is 10.0. The largest absolute Gasteiger partial charge is 0.496 e. The molecule has 106 valence electrons. The summed E-state index contributed by atoms with van der Waals surface area (Å²) in [5.41, 5.74) is 5.22. The fraction of sp³-hybridized carbons (Fsp3) is 0.625. The molecule has 1 aliphatic rings. The van der Waals surface area contributed by atoms with Crippen molar-refractivity contribution in [2.45, 2.75) is 39.7 Å². The normalized spacial score (nSPS) is 18.7. The van der Waals surface area contributed by atoms with E-state index >= 15 is 0 Å². The van der Waals surface area contributed by atoms with Crippen LogP contribution in [0.1, 0.15) is 29.5 Å². The molecule has 3 nitrogen and oxygen atoms in total.